The quantitative estimate of drug-likeness (QED) is 0.550. The van der Waals surface area contributed by atoms with E-state index in [0.717, 1.165) is 25.1 Å². The van der Waals surface area contributed by atoms with Gasteiger partial charge in [-0.15, -0.1) is 10.2 Å². The van der Waals surface area contributed by atoms with Crippen molar-refractivity contribution in [3.8, 4) is 17.0 Å². The monoisotopic (exact) mass is 495 g/mol. The van der Waals surface area contributed by atoms with Crippen molar-refractivity contribution in [3.05, 3.63) is 54.2 Å². The molecule has 8 nitrogen and oxygen atoms in total. The Morgan fingerprint density at radius 1 is 1.18 bits per heavy atom. The average Bonchev–Trinajstić information content (AvgIpc) is 3.22. The Bertz CT molecular complexity index is 1260. The molecule has 0 saturated heterocycles. The third kappa shape index (κ3) is 5.55. The molecule has 2 atom stereocenters. The number of aryl methyl sites for hydroxylation is 1. The first kappa shape index (κ1) is 24.1. The molecule has 0 aliphatic heterocycles. The van der Waals surface area contributed by atoms with Crippen LogP contribution in [0, 0.1) is 6.92 Å². The number of sulfonamides is 1. The third-order valence-corrected chi connectivity index (χ3v) is 6.99. The first-order valence-corrected chi connectivity index (χ1v) is 12.2. The second-order valence-electron chi connectivity index (χ2n) is 8.39. The normalized spacial score (nSPS) is 19.2. The standard InChI is InChI=1S/C22H24F3N5O3S/c1-14-29-28-13-30(14)18-4-2-3-16(9-18)19-10-15(5-7-20(19)34(26,31)32)17-6-8-21(27-11-17)33-12-22(23,24)25/h5-8,10-11,13,16,18H,2-4,9,12H2,1H3,(H2,26,31,32)/t16-,18+/m0/s1. The van der Waals surface area contributed by atoms with Gasteiger partial charge in [0.15, 0.2) is 6.61 Å². The largest absolute Gasteiger partial charge is 0.468 e. The maximum absolute atomic E-state index is 12.4. The molecule has 2 N–H and O–H groups in total. The molecule has 34 heavy (non-hydrogen) atoms. The molecule has 2 heterocycles. The average molecular weight is 496 g/mol. The topological polar surface area (TPSA) is 113 Å². The summed E-state index contributed by atoms with van der Waals surface area (Å²) in [6.45, 7) is 0.448. The van der Waals surface area contributed by atoms with Crippen LogP contribution in [0.25, 0.3) is 11.1 Å². The predicted octanol–water partition coefficient (Wildman–Crippen LogP) is 4.14. The van der Waals surface area contributed by atoms with E-state index in [0.29, 0.717) is 23.1 Å². The van der Waals surface area contributed by atoms with Gasteiger partial charge < -0.3 is 9.30 Å². The van der Waals surface area contributed by atoms with Crippen molar-refractivity contribution in [2.24, 2.45) is 5.14 Å². The number of alkyl halides is 3. The molecule has 1 aliphatic rings. The fraction of sp³-hybridized carbons (Fsp3) is 0.409. The van der Waals surface area contributed by atoms with Crippen LogP contribution in [0.15, 0.2) is 47.8 Å². The van der Waals surface area contributed by atoms with Crippen molar-refractivity contribution in [3.63, 3.8) is 0 Å². The number of pyridine rings is 1. The van der Waals surface area contributed by atoms with Gasteiger partial charge in [0.05, 0.1) is 4.90 Å². The number of primary sulfonamides is 1. The van der Waals surface area contributed by atoms with Gasteiger partial charge in [-0.3, -0.25) is 0 Å². The number of halogens is 3. The number of hydrogen-bond acceptors (Lipinski definition) is 6. The molecule has 0 amide bonds. The van der Waals surface area contributed by atoms with E-state index in [1.807, 2.05) is 11.5 Å². The molecule has 12 heteroatoms. The molecule has 2 aromatic heterocycles. The van der Waals surface area contributed by atoms with Crippen molar-refractivity contribution >= 4 is 10.0 Å². The minimum absolute atomic E-state index is 0.0591. The summed E-state index contributed by atoms with van der Waals surface area (Å²) >= 11 is 0. The van der Waals surface area contributed by atoms with Crippen LogP contribution in [-0.2, 0) is 10.0 Å². The highest BCUT2D eigenvalue weighted by molar-refractivity contribution is 7.89. The molecular formula is C22H24F3N5O3S. The lowest BCUT2D eigenvalue weighted by Gasteiger charge is -2.31. The van der Waals surface area contributed by atoms with Crippen LogP contribution >= 0.6 is 0 Å². The fourth-order valence-electron chi connectivity index (χ4n) is 4.46. The van der Waals surface area contributed by atoms with Gasteiger partial charge in [-0.1, -0.05) is 12.5 Å². The molecule has 182 valence electrons. The Morgan fingerprint density at radius 3 is 2.56 bits per heavy atom. The van der Waals surface area contributed by atoms with E-state index in [-0.39, 0.29) is 22.7 Å². The Labute approximate surface area is 195 Å². The summed E-state index contributed by atoms with van der Waals surface area (Å²) in [5.41, 5.74) is 1.91. The molecule has 4 rings (SSSR count). The highest BCUT2D eigenvalue weighted by Gasteiger charge is 2.30. The van der Waals surface area contributed by atoms with Gasteiger partial charge in [-0.2, -0.15) is 13.2 Å². The highest BCUT2D eigenvalue weighted by atomic mass is 32.2. The number of benzene rings is 1. The van der Waals surface area contributed by atoms with Crippen molar-refractivity contribution in [1.82, 2.24) is 19.7 Å². The van der Waals surface area contributed by atoms with Crippen LogP contribution in [0.2, 0.25) is 0 Å². The summed E-state index contributed by atoms with van der Waals surface area (Å²) in [6.07, 6.45) is 1.96. The van der Waals surface area contributed by atoms with Crippen molar-refractivity contribution in [1.29, 1.82) is 0 Å². The predicted molar refractivity (Wildman–Crippen MR) is 118 cm³/mol. The molecule has 1 aromatic carbocycles. The minimum Gasteiger partial charge on any atom is -0.468 e. The summed E-state index contributed by atoms with van der Waals surface area (Å²) in [6, 6.07) is 7.93. The van der Waals surface area contributed by atoms with Gasteiger partial charge in [-0.05, 0) is 61.4 Å². The van der Waals surface area contributed by atoms with Crippen LogP contribution in [0.4, 0.5) is 13.2 Å². The maximum Gasteiger partial charge on any atom is 0.422 e. The van der Waals surface area contributed by atoms with Crippen molar-refractivity contribution in [2.75, 3.05) is 6.61 Å². The summed E-state index contributed by atoms with van der Waals surface area (Å²) < 4.78 is 68.4. The molecule has 1 fully saturated rings. The second kappa shape index (κ2) is 9.34. The van der Waals surface area contributed by atoms with E-state index in [4.69, 9.17) is 5.14 Å². The third-order valence-electron chi connectivity index (χ3n) is 6.00. The Balaban J connectivity index is 1.64. The zero-order valence-corrected chi connectivity index (χ0v) is 19.2. The van der Waals surface area contributed by atoms with Crippen molar-refractivity contribution < 1.29 is 26.3 Å². The van der Waals surface area contributed by atoms with E-state index in [2.05, 4.69) is 19.9 Å². The second-order valence-corrected chi connectivity index (χ2v) is 9.92. The summed E-state index contributed by atoms with van der Waals surface area (Å²) in [7, 11) is -3.96. The number of nitrogens with two attached hydrogens (primary N) is 1. The molecular weight excluding hydrogens is 471 g/mol. The van der Waals surface area contributed by atoms with E-state index in [1.54, 1.807) is 24.5 Å². The van der Waals surface area contributed by atoms with E-state index in [1.165, 1.54) is 18.3 Å². The lowest BCUT2D eigenvalue weighted by Crippen LogP contribution is -2.22. The minimum atomic E-state index is -4.46. The van der Waals surface area contributed by atoms with Crippen LogP contribution in [0.3, 0.4) is 0 Å². The lowest BCUT2D eigenvalue weighted by molar-refractivity contribution is -0.154. The number of nitrogens with zero attached hydrogens (tertiary/aromatic N) is 4. The molecule has 0 spiro atoms. The molecule has 1 aliphatic carbocycles. The van der Waals surface area contributed by atoms with Gasteiger partial charge in [0, 0.05) is 23.9 Å². The summed E-state index contributed by atoms with van der Waals surface area (Å²) in [5, 5.41) is 13.5. The zero-order chi connectivity index (χ0) is 24.5. The fourth-order valence-corrected chi connectivity index (χ4v) is 5.27. The van der Waals surface area contributed by atoms with Crippen LogP contribution in [0.1, 0.15) is 49.0 Å². The highest BCUT2D eigenvalue weighted by Crippen LogP contribution is 2.42. The molecule has 0 bridgehead atoms. The first-order valence-electron chi connectivity index (χ1n) is 10.7. The number of hydrogen-bond donors (Lipinski definition) is 1. The smallest absolute Gasteiger partial charge is 0.422 e. The molecule has 3 aromatic rings. The van der Waals surface area contributed by atoms with Gasteiger partial charge in [0.25, 0.3) is 0 Å². The zero-order valence-electron chi connectivity index (χ0n) is 18.4. The van der Waals surface area contributed by atoms with Gasteiger partial charge in [0.2, 0.25) is 15.9 Å². The SMILES string of the molecule is Cc1nncn1[C@@H]1CCC[C@H](c2cc(-c3ccc(OCC(F)(F)F)nc3)ccc2S(N)(=O)=O)C1. The number of aromatic nitrogens is 4. The van der Waals surface area contributed by atoms with Gasteiger partial charge in [-0.25, -0.2) is 18.5 Å². The Morgan fingerprint density at radius 2 is 1.94 bits per heavy atom. The van der Waals surface area contributed by atoms with Gasteiger partial charge >= 0.3 is 6.18 Å². The molecule has 0 unspecified atom stereocenters. The van der Waals surface area contributed by atoms with E-state index in [9.17, 15) is 21.6 Å². The number of ether oxygens (including phenoxy) is 1. The van der Waals surface area contributed by atoms with E-state index >= 15 is 0 Å². The van der Waals surface area contributed by atoms with E-state index < -0.39 is 22.8 Å². The van der Waals surface area contributed by atoms with Crippen LogP contribution in [-0.4, -0.2) is 40.9 Å². The van der Waals surface area contributed by atoms with Crippen molar-refractivity contribution in [2.45, 2.75) is 55.6 Å². The number of rotatable bonds is 6. The maximum atomic E-state index is 12.4. The first-order chi connectivity index (χ1) is 16.0. The van der Waals surface area contributed by atoms with Crippen LogP contribution in [0.5, 0.6) is 5.88 Å². The Hall–Kier alpha value is -2.99. The van der Waals surface area contributed by atoms with Crippen LogP contribution < -0.4 is 9.88 Å². The lowest BCUT2D eigenvalue weighted by atomic mass is 9.80. The summed E-state index contributed by atoms with van der Waals surface area (Å²) in [5.74, 6) is 0.586. The van der Waals surface area contributed by atoms with Gasteiger partial charge in [0.1, 0.15) is 12.2 Å². The summed E-state index contributed by atoms with van der Waals surface area (Å²) in [4.78, 5) is 4.01. The Kier molecular flexibility index (Phi) is 6.63. The molecule has 0 radical (unpaired) electrons. The molecule has 1 saturated carbocycles.